The molecule has 1 aliphatic heterocycles. The van der Waals surface area contributed by atoms with Crippen molar-refractivity contribution in [2.75, 3.05) is 4.90 Å². The zero-order chi connectivity index (χ0) is 34.2. The van der Waals surface area contributed by atoms with E-state index < -0.39 is 39.4 Å². The Kier molecular flexibility index (Phi) is 7.00. The van der Waals surface area contributed by atoms with Gasteiger partial charge in [-0.1, -0.05) is 114 Å². The quantitative estimate of drug-likeness (QED) is 0.102. The SMILES string of the molecule is Cc1ccc(N2C(=O)[C@@H]3[C@@H](C2=O)[C@@]2(c4ccc(Cl)cc4)C(=O)[C@@]3(c3ccc(Cl)cc3)C(c3ccccc3)=C2c2ccccc2)c([N+](=O)[O-])c1. The molecule has 8 rings (SSSR count). The maximum absolute atomic E-state index is 16.0. The Hall–Kier alpha value is -5.37. The zero-order valence-corrected chi connectivity index (χ0v) is 27.5. The molecular weight excluding hydrogens is 659 g/mol. The number of carbonyl (C=O) groups excluding carboxylic acids is 3. The van der Waals surface area contributed by atoms with Crippen molar-refractivity contribution in [3.05, 3.63) is 175 Å². The van der Waals surface area contributed by atoms with E-state index in [2.05, 4.69) is 0 Å². The highest BCUT2D eigenvalue weighted by molar-refractivity contribution is 6.39. The average Bonchev–Trinajstić information content (AvgIpc) is 3.61. The van der Waals surface area contributed by atoms with Crippen molar-refractivity contribution in [2.24, 2.45) is 11.8 Å². The number of allylic oxidation sites excluding steroid dienone is 2. The largest absolute Gasteiger partial charge is 0.297 e. The normalized spacial score (nSPS) is 24.1. The Morgan fingerprint density at radius 3 is 1.47 bits per heavy atom. The molecule has 1 heterocycles. The van der Waals surface area contributed by atoms with Gasteiger partial charge in [-0.05, 0) is 76.2 Å². The van der Waals surface area contributed by atoms with Crippen LogP contribution in [0, 0.1) is 28.9 Å². The minimum absolute atomic E-state index is 0.133. The standard InChI is InChI=1S/C40H26Cl2N2O5/c1-23-12-21-30(31(22-23)44(48)49)43-36(45)34-35(37(43)46)40(27-15-19-29(42)20-16-27)33(25-10-6-3-7-11-25)32(24-8-4-2-5-9-24)39(34,38(40)47)26-13-17-28(41)18-14-26/h2-22,34-35H,1H3/t34-,35-,39-,40-/m0/s1. The summed E-state index contributed by atoms with van der Waals surface area (Å²) in [5, 5.41) is 13.2. The molecule has 4 atom stereocenters. The number of hydrogen-bond acceptors (Lipinski definition) is 5. The van der Waals surface area contributed by atoms with E-state index in [0.29, 0.717) is 49.0 Å². The summed E-state index contributed by atoms with van der Waals surface area (Å²) in [6.45, 7) is 1.70. The van der Waals surface area contributed by atoms with Crippen molar-refractivity contribution in [2.45, 2.75) is 17.8 Å². The molecular formula is C40H26Cl2N2O5. The number of aryl methyl sites for hydroxylation is 1. The van der Waals surface area contributed by atoms with Gasteiger partial charge in [-0.3, -0.25) is 24.5 Å². The fraction of sp³-hybridized carbons (Fsp3) is 0.125. The number of Topliss-reactive ketones (excluding diaryl/α,β-unsaturated/α-hetero) is 1. The fourth-order valence-electron chi connectivity index (χ4n) is 8.56. The Balaban J connectivity index is 1.55. The number of fused-ring (bicyclic) bond motifs is 5. The number of hydrogen-bond donors (Lipinski definition) is 0. The van der Waals surface area contributed by atoms with Gasteiger partial charge in [-0.2, -0.15) is 0 Å². The fourth-order valence-corrected chi connectivity index (χ4v) is 8.82. The second-order valence-electron chi connectivity index (χ2n) is 12.7. The van der Waals surface area contributed by atoms with E-state index in [1.54, 1.807) is 61.5 Å². The van der Waals surface area contributed by atoms with Gasteiger partial charge in [0.05, 0.1) is 27.6 Å². The lowest BCUT2D eigenvalue weighted by molar-refractivity contribution is -0.384. The van der Waals surface area contributed by atoms with Gasteiger partial charge in [-0.15, -0.1) is 0 Å². The minimum atomic E-state index is -1.68. The molecule has 0 N–H and O–H groups in total. The van der Waals surface area contributed by atoms with Crippen molar-refractivity contribution >= 4 is 63.3 Å². The van der Waals surface area contributed by atoms with Crippen LogP contribution in [-0.4, -0.2) is 22.5 Å². The number of benzene rings is 5. The van der Waals surface area contributed by atoms with Crippen LogP contribution in [0.1, 0.15) is 27.8 Å². The van der Waals surface area contributed by atoms with Crippen LogP contribution in [0.15, 0.2) is 127 Å². The number of nitro benzene ring substituents is 1. The summed E-state index contributed by atoms with van der Waals surface area (Å²) in [7, 11) is 0. The maximum Gasteiger partial charge on any atom is 0.293 e. The molecule has 2 fully saturated rings. The third-order valence-corrected chi connectivity index (χ3v) is 10.8. The molecule has 49 heavy (non-hydrogen) atoms. The second kappa shape index (κ2) is 11.1. The third kappa shape index (κ3) is 4.06. The summed E-state index contributed by atoms with van der Waals surface area (Å²) in [4.78, 5) is 59.0. The van der Waals surface area contributed by atoms with Crippen molar-refractivity contribution in [3.63, 3.8) is 0 Å². The number of carbonyl (C=O) groups is 3. The first-order valence-electron chi connectivity index (χ1n) is 15.7. The van der Waals surface area contributed by atoms with Gasteiger partial charge < -0.3 is 0 Å². The number of nitro groups is 1. The molecule has 240 valence electrons. The van der Waals surface area contributed by atoms with E-state index in [4.69, 9.17) is 23.2 Å². The van der Waals surface area contributed by atoms with Crippen molar-refractivity contribution < 1.29 is 19.3 Å². The Bertz CT molecular complexity index is 2130. The summed E-state index contributed by atoms with van der Waals surface area (Å²) in [6, 6.07) is 36.9. The summed E-state index contributed by atoms with van der Waals surface area (Å²) < 4.78 is 0. The minimum Gasteiger partial charge on any atom is -0.297 e. The van der Waals surface area contributed by atoms with E-state index in [0.717, 1.165) is 4.90 Å². The summed E-state index contributed by atoms with van der Waals surface area (Å²) >= 11 is 12.8. The molecule has 5 aromatic rings. The van der Waals surface area contributed by atoms with Gasteiger partial charge in [0.25, 0.3) is 5.69 Å². The number of anilines is 1. The molecule has 5 aromatic carbocycles. The highest BCUT2D eigenvalue weighted by Gasteiger charge is 2.83. The zero-order valence-electron chi connectivity index (χ0n) is 26.0. The van der Waals surface area contributed by atoms with Crippen molar-refractivity contribution in [1.82, 2.24) is 0 Å². The molecule has 9 heteroatoms. The predicted octanol–water partition coefficient (Wildman–Crippen LogP) is 8.40. The molecule has 2 bridgehead atoms. The van der Waals surface area contributed by atoms with Gasteiger partial charge in [0, 0.05) is 16.1 Å². The van der Waals surface area contributed by atoms with E-state index in [1.165, 1.54) is 12.1 Å². The third-order valence-electron chi connectivity index (χ3n) is 10.3. The van der Waals surface area contributed by atoms with Crippen LogP contribution < -0.4 is 4.90 Å². The van der Waals surface area contributed by atoms with Crippen LogP contribution in [0.25, 0.3) is 11.1 Å². The second-order valence-corrected chi connectivity index (χ2v) is 13.5. The number of halogens is 2. The average molecular weight is 686 g/mol. The molecule has 1 saturated heterocycles. The van der Waals surface area contributed by atoms with Gasteiger partial charge in [-0.25, -0.2) is 4.90 Å². The molecule has 1 saturated carbocycles. The topological polar surface area (TPSA) is 97.6 Å². The highest BCUT2D eigenvalue weighted by atomic mass is 35.5. The molecule has 0 radical (unpaired) electrons. The first-order chi connectivity index (χ1) is 23.6. The van der Waals surface area contributed by atoms with Gasteiger partial charge in [0.1, 0.15) is 5.69 Å². The summed E-state index contributed by atoms with van der Waals surface area (Å²) in [6.07, 6.45) is 0. The number of imide groups is 1. The molecule has 0 unspecified atom stereocenters. The lowest BCUT2D eigenvalue weighted by Crippen LogP contribution is -2.45. The van der Waals surface area contributed by atoms with Crippen LogP contribution in [0.5, 0.6) is 0 Å². The number of nitrogens with zero attached hydrogens (tertiary/aromatic N) is 2. The van der Waals surface area contributed by atoms with E-state index in [1.807, 2.05) is 60.7 Å². The highest BCUT2D eigenvalue weighted by Crippen LogP contribution is 2.74. The van der Waals surface area contributed by atoms with Gasteiger partial charge in [0.15, 0.2) is 5.78 Å². The molecule has 0 aromatic heterocycles. The van der Waals surface area contributed by atoms with E-state index >= 15 is 14.4 Å². The Labute approximate surface area is 291 Å². The summed E-state index contributed by atoms with van der Waals surface area (Å²) in [5.41, 5.74) is 0.349. The lowest BCUT2D eigenvalue weighted by atomic mass is 9.59. The lowest BCUT2D eigenvalue weighted by Gasteiger charge is -2.39. The summed E-state index contributed by atoms with van der Waals surface area (Å²) in [5.74, 6) is -4.17. The van der Waals surface area contributed by atoms with Crippen LogP contribution >= 0.6 is 23.2 Å². The first-order valence-corrected chi connectivity index (χ1v) is 16.4. The Morgan fingerprint density at radius 2 is 1.06 bits per heavy atom. The molecule has 7 nitrogen and oxygen atoms in total. The van der Waals surface area contributed by atoms with Gasteiger partial charge >= 0.3 is 0 Å². The first kappa shape index (κ1) is 30.9. The maximum atomic E-state index is 16.0. The number of amides is 2. The number of ketones is 1. The Morgan fingerprint density at radius 1 is 0.633 bits per heavy atom. The van der Waals surface area contributed by atoms with Crippen LogP contribution in [0.4, 0.5) is 11.4 Å². The van der Waals surface area contributed by atoms with Crippen LogP contribution in [0.3, 0.4) is 0 Å². The van der Waals surface area contributed by atoms with E-state index in [9.17, 15) is 10.1 Å². The smallest absolute Gasteiger partial charge is 0.293 e. The van der Waals surface area contributed by atoms with Crippen LogP contribution in [0.2, 0.25) is 10.0 Å². The van der Waals surface area contributed by atoms with E-state index in [-0.39, 0.29) is 17.2 Å². The molecule has 2 amide bonds. The monoisotopic (exact) mass is 684 g/mol. The van der Waals surface area contributed by atoms with Crippen LogP contribution in [-0.2, 0) is 25.2 Å². The predicted molar refractivity (Wildman–Crippen MR) is 188 cm³/mol. The molecule has 0 spiro atoms. The molecule has 2 aliphatic carbocycles. The molecule has 3 aliphatic rings. The van der Waals surface area contributed by atoms with Crippen molar-refractivity contribution in [1.29, 1.82) is 0 Å². The number of rotatable bonds is 6. The van der Waals surface area contributed by atoms with Crippen molar-refractivity contribution in [3.8, 4) is 0 Å². The van der Waals surface area contributed by atoms with Gasteiger partial charge in [0.2, 0.25) is 11.8 Å².